The zero-order valence-electron chi connectivity index (χ0n) is 14.4. The number of hydrogen-bond acceptors (Lipinski definition) is 7. The lowest BCUT2D eigenvalue weighted by Gasteiger charge is -2.49. The van der Waals surface area contributed by atoms with E-state index in [0.29, 0.717) is 30.3 Å². The highest BCUT2D eigenvalue weighted by molar-refractivity contribution is 5.54. The van der Waals surface area contributed by atoms with Crippen LogP contribution in [0.15, 0.2) is 30.7 Å². The molecular weight excluding hydrogens is 316 g/mol. The Balaban J connectivity index is 0.00000243. The van der Waals surface area contributed by atoms with Gasteiger partial charge in [0.05, 0.1) is 12.3 Å². The lowest BCUT2D eigenvalue weighted by molar-refractivity contribution is -0.0511. The molecule has 0 amide bonds. The largest absolute Gasteiger partial charge is 0.392 e. The Morgan fingerprint density at radius 3 is 2.92 bits per heavy atom. The van der Waals surface area contributed by atoms with Crippen molar-refractivity contribution in [3.63, 3.8) is 0 Å². The summed E-state index contributed by atoms with van der Waals surface area (Å²) in [6.07, 6.45) is 6.21. The molecule has 0 radical (unpaired) electrons. The van der Waals surface area contributed by atoms with Crippen molar-refractivity contribution in [2.24, 2.45) is 5.41 Å². The van der Waals surface area contributed by atoms with Gasteiger partial charge in [-0.05, 0) is 24.5 Å². The number of nitrogens with one attached hydrogen (secondary N) is 2. The van der Waals surface area contributed by atoms with Gasteiger partial charge in [0.1, 0.15) is 17.5 Å². The first-order chi connectivity index (χ1) is 12.0. The molecule has 2 aromatic rings. The van der Waals surface area contributed by atoms with Crippen LogP contribution >= 0.6 is 0 Å². The van der Waals surface area contributed by atoms with Gasteiger partial charge in [0, 0.05) is 31.8 Å². The average Bonchev–Trinajstić information content (AvgIpc) is 2.62. The number of aliphatic hydroxyl groups excluding tert-OH is 1. The summed E-state index contributed by atoms with van der Waals surface area (Å²) < 4.78 is 0. The molecular formula is C18H24N6O. The second-order valence-corrected chi connectivity index (χ2v) is 6.88. The van der Waals surface area contributed by atoms with Crippen LogP contribution in [0.1, 0.15) is 32.8 Å². The summed E-state index contributed by atoms with van der Waals surface area (Å²) in [5.41, 5.74) is 1.29. The van der Waals surface area contributed by atoms with E-state index >= 15 is 0 Å². The first-order valence-corrected chi connectivity index (χ1v) is 8.35. The summed E-state index contributed by atoms with van der Waals surface area (Å²) >= 11 is 0. The maximum Gasteiger partial charge on any atom is 0.224 e. The highest BCUT2D eigenvalue weighted by Crippen LogP contribution is 2.42. The summed E-state index contributed by atoms with van der Waals surface area (Å²) in [6.45, 7) is 4.67. The van der Waals surface area contributed by atoms with Gasteiger partial charge in [-0.25, -0.2) is 4.98 Å². The van der Waals surface area contributed by atoms with Crippen molar-refractivity contribution in [1.82, 2.24) is 15.0 Å². The van der Waals surface area contributed by atoms with Gasteiger partial charge in [-0.1, -0.05) is 19.9 Å². The van der Waals surface area contributed by atoms with Crippen LogP contribution in [-0.4, -0.2) is 38.7 Å². The van der Waals surface area contributed by atoms with Crippen LogP contribution in [0.3, 0.4) is 0 Å². The Hall–Kier alpha value is -2.72. The van der Waals surface area contributed by atoms with E-state index in [4.69, 9.17) is 0 Å². The SMILES string of the molecule is CC1(C)C(O)C[C@H]1Nc1nc(NCCc2cccnc2)ncc1C#N.[HH]. The Morgan fingerprint density at radius 1 is 1.44 bits per heavy atom. The predicted octanol–water partition coefficient (Wildman–Crippen LogP) is 2.22. The number of aliphatic hydroxyl groups is 1. The van der Waals surface area contributed by atoms with E-state index in [1.54, 1.807) is 6.20 Å². The van der Waals surface area contributed by atoms with Gasteiger partial charge in [-0.15, -0.1) is 0 Å². The van der Waals surface area contributed by atoms with Crippen LogP contribution in [0.2, 0.25) is 0 Å². The van der Waals surface area contributed by atoms with Gasteiger partial charge in [-0.2, -0.15) is 10.2 Å². The summed E-state index contributed by atoms with van der Waals surface area (Å²) in [5.74, 6) is 0.981. The van der Waals surface area contributed by atoms with Gasteiger partial charge in [-0.3, -0.25) is 4.98 Å². The number of hydrogen-bond donors (Lipinski definition) is 3. The molecule has 2 heterocycles. The van der Waals surface area contributed by atoms with Crippen LogP contribution in [0, 0.1) is 16.7 Å². The van der Waals surface area contributed by atoms with E-state index in [0.717, 1.165) is 12.0 Å². The fourth-order valence-corrected chi connectivity index (χ4v) is 2.84. The Morgan fingerprint density at radius 2 is 2.28 bits per heavy atom. The van der Waals surface area contributed by atoms with Gasteiger partial charge in [0.2, 0.25) is 5.95 Å². The molecule has 132 valence electrons. The highest BCUT2D eigenvalue weighted by atomic mass is 16.3. The molecule has 2 aromatic heterocycles. The molecule has 3 rings (SSSR count). The summed E-state index contributed by atoms with van der Waals surface area (Å²) in [7, 11) is 0. The zero-order valence-corrected chi connectivity index (χ0v) is 14.4. The number of anilines is 2. The molecule has 7 heteroatoms. The maximum absolute atomic E-state index is 9.87. The van der Waals surface area contributed by atoms with E-state index in [9.17, 15) is 10.4 Å². The second-order valence-electron chi connectivity index (χ2n) is 6.88. The molecule has 0 saturated heterocycles. The van der Waals surface area contributed by atoms with Crippen LogP contribution in [0.4, 0.5) is 11.8 Å². The van der Waals surface area contributed by atoms with Gasteiger partial charge in [0.25, 0.3) is 0 Å². The van der Waals surface area contributed by atoms with Gasteiger partial charge >= 0.3 is 0 Å². The minimum absolute atomic E-state index is 0. The van der Waals surface area contributed by atoms with Crippen LogP contribution in [0.25, 0.3) is 0 Å². The van der Waals surface area contributed by atoms with Crippen molar-refractivity contribution in [3.8, 4) is 6.07 Å². The molecule has 1 saturated carbocycles. The molecule has 3 N–H and O–H groups in total. The first kappa shape index (κ1) is 17.1. The normalized spacial score (nSPS) is 21.0. The van der Waals surface area contributed by atoms with Crippen molar-refractivity contribution in [1.29, 1.82) is 5.26 Å². The third-order valence-corrected chi connectivity index (χ3v) is 4.86. The van der Waals surface area contributed by atoms with Gasteiger partial charge < -0.3 is 15.7 Å². The highest BCUT2D eigenvalue weighted by Gasteiger charge is 2.47. The Kier molecular flexibility index (Phi) is 4.81. The third-order valence-electron chi connectivity index (χ3n) is 4.86. The number of pyridine rings is 1. The topological polar surface area (TPSA) is 107 Å². The first-order valence-electron chi connectivity index (χ1n) is 8.35. The minimum atomic E-state index is -0.338. The molecule has 2 atom stereocenters. The summed E-state index contributed by atoms with van der Waals surface area (Å²) in [4.78, 5) is 12.7. The second kappa shape index (κ2) is 7.03. The number of aromatic nitrogens is 3. The molecule has 1 aliphatic carbocycles. The molecule has 0 aliphatic heterocycles. The van der Waals surface area contributed by atoms with E-state index in [2.05, 4.69) is 31.7 Å². The average molecular weight is 340 g/mol. The maximum atomic E-state index is 9.87. The number of rotatable bonds is 6. The smallest absolute Gasteiger partial charge is 0.224 e. The summed E-state index contributed by atoms with van der Waals surface area (Å²) in [6, 6.07) is 6.11. The van der Waals surface area contributed by atoms with Crippen LogP contribution in [0.5, 0.6) is 0 Å². The number of nitrogens with zero attached hydrogens (tertiary/aromatic N) is 4. The van der Waals surface area contributed by atoms with Crippen LogP contribution < -0.4 is 10.6 Å². The van der Waals surface area contributed by atoms with Crippen molar-refractivity contribution < 1.29 is 6.53 Å². The molecule has 7 nitrogen and oxygen atoms in total. The van der Waals surface area contributed by atoms with Crippen molar-refractivity contribution in [2.45, 2.75) is 38.8 Å². The van der Waals surface area contributed by atoms with E-state index in [1.165, 1.54) is 6.20 Å². The molecule has 0 spiro atoms. The molecule has 1 fully saturated rings. The standard InChI is InChI=1S/C18H22N6O.H2/c1-18(2)14(8-15(18)25)23-16-13(9-19)11-22-17(24-16)21-7-5-12-4-3-6-20-10-12;/h3-4,6,10-11,14-15,25H,5,7-8H2,1-2H3,(H2,21,22,23,24);1H/t14-,15?;/m1./s1. The monoisotopic (exact) mass is 340 g/mol. The Labute approximate surface area is 148 Å². The predicted molar refractivity (Wildman–Crippen MR) is 97.1 cm³/mol. The van der Waals surface area contributed by atoms with Crippen molar-refractivity contribution in [2.75, 3.05) is 17.2 Å². The zero-order chi connectivity index (χ0) is 17.9. The fraction of sp³-hybridized carbons (Fsp3) is 0.444. The van der Waals surface area contributed by atoms with E-state index in [1.807, 2.05) is 32.2 Å². The minimum Gasteiger partial charge on any atom is -0.392 e. The molecule has 25 heavy (non-hydrogen) atoms. The molecule has 0 aromatic carbocycles. The fourth-order valence-electron chi connectivity index (χ4n) is 2.84. The quantitative estimate of drug-likeness (QED) is 0.740. The van der Waals surface area contributed by atoms with Crippen molar-refractivity contribution in [3.05, 3.63) is 41.9 Å². The lowest BCUT2D eigenvalue weighted by Crippen LogP contribution is -2.57. The van der Waals surface area contributed by atoms with E-state index in [-0.39, 0.29) is 19.0 Å². The summed E-state index contributed by atoms with van der Waals surface area (Å²) in [5, 5.41) is 25.6. The molecule has 1 aliphatic rings. The van der Waals surface area contributed by atoms with E-state index < -0.39 is 0 Å². The van der Waals surface area contributed by atoms with Gasteiger partial charge in [0.15, 0.2) is 0 Å². The lowest BCUT2D eigenvalue weighted by atomic mass is 9.64. The Bertz CT molecular complexity index is 777. The van der Waals surface area contributed by atoms with Crippen molar-refractivity contribution >= 4 is 11.8 Å². The third kappa shape index (κ3) is 3.69. The molecule has 1 unspecified atom stereocenters. The number of nitriles is 1. The molecule has 0 bridgehead atoms. The van der Waals surface area contributed by atoms with Crippen LogP contribution in [-0.2, 0) is 6.42 Å².